The second kappa shape index (κ2) is 7.92. The third-order valence-electron chi connectivity index (χ3n) is 4.01. The molecule has 0 aliphatic carbocycles. The van der Waals surface area contributed by atoms with Gasteiger partial charge in [-0.15, -0.1) is 10.2 Å². The Morgan fingerprint density at radius 3 is 2.61 bits per heavy atom. The summed E-state index contributed by atoms with van der Waals surface area (Å²) in [4.78, 5) is 11.0. The highest BCUT2D eigenvalue weighted by Crippen LogP contribution is 2.30. The molecule has 0 bridgehead atoms. The minimum Gasteiger partial charge on any atom is -0.478 e. The third-order valence-corrected chi connectivity index (χ3v) is 5.25. The predicted molar refractivity (Wildman–Crippen MR) is 107 cm³/mol. The Labute approximate surface area is 169 Å². The third kappa shape index (κ3) is 3.81. The maximum absolute atomic E-state index is 11.0. The van der Waals surface area contributed by atoms with Gasteiger partial charge in [0.15, 0.2) is 10.9 Å². The van der Waals surface area contributed by atoms with E-state index in [1.165, 1.54) is 11.8 Å². The van der Waals surface area contributed by atoms with Gasteiger partial charge in [0.05, 0.1) is 17.5 Å². The number of carboxylic acid groups (broad SMARTS) is 1. The van der Waals surface area contributed by atoms with Crippen LogP contribution in [0.5, 0.6) is 0 Å². The summed E-state index contributed by atoms with van der Waals surface area (Å²) < 4.78 is 7.39. The number of aromatic nitrogens is 3. The van der Waals surface area contributed by atoms with E-state index >= 15 is 0 Å². The summed E-state index contributed by atoms with van der Waals surface area (Å²) in [5.74, 6) is 0.848. The van der Waals surface area contributed by atoms with Crippen molar-refractivity contribution in [2.24, 2.45) is 0 Å². The normalized spacial score (nSPS) is 10.9. The molecule has 2 heterocycles. The van der Waals surface area contributed by atoms with E-state index in [-0.39, 0.29) is 5.56 Å². The second-order valence-electron chi connectivity index (χ2n) is 5.89. The molecule has 4 rings (SSSR count). The van der Waals surface area contributed by atoms with Gasteiger partial charge < -0.3 is 9.52 Å². The lowest BCUT2D eigenvalue weighted by Crippen LogP contribution is -1.99. The van der Waals surface area contributed by atoms with Crippen molar-refractivity contribution in [1.29, 1.82) is 0 Å². The van der Waals surface area contributed by atoms with Gasteiger partial charge in [0, 0.05) is 10.8 Å². The predicted octanol–water partition coefficient (Wildman–Crippen LogP) is 5.17. The van der Waals surface area contributed by atoms with Crippen LogP contribution in [0.1, 0.15) is 15.9 Å². The number of furan rings is 1. The standard InChI is InChI=1S/C20H14ClN3O3S/c21-15-3-1-4-16(11-15)24-18(17-5-2-10-27-17)22-23-20(24)28-12-13-6-8-14(9-7-13)19(25)26/h1-11H,12H2,(H,25,26). The zero-order valence-electron chi connectivity index (χ0n) is 14.4. The number of hydrogen-bond donors (Lipinski definition) is 1. The molecule has 0 unspecified atom stereocenters. The van der Waals surface area contributed by atoms with E-state index in [0.717, 1.165) is 11.3 Å². The maximum Gasteiger partial charge on any atom is 0.335 e. The number of carbonyl (C=O) groups is 1. The fourth-order valence-corrected chi connectivity index (χ4v) is 3.76. The van der Waals surface area contributed by atoms with Crippen LogP contribution in [0.25, 0.3) is 17.3 Å². The van der Waals surface area contributed by atoms with E-state index in [1.54, 1.807) is 42.7 Å². The molecular weight excluding hydrogens is 398 g/mol. The number of halogens is 1. The molecule has 0 aliphatic rings. The minimum absolute atomic E-state index is 0.260. The number of aromatic carboxylic acids is 1. The van der Waals surface area contributed by atoms with Gasteiger partial charge in [0.2, 0.25) is 5.82 Å². The fraction of sp³-hybridized carbons (Fsp3) is 0.0500. The SMILES string of the molecule is O=C(O)c1ccc(CSc2nnc(-c3ccco3)n2-c2cccc(Cl)c2)cc1. The lowest BCUT2D eigenvalue weighted by Gasteiger charge is -2.09. The zero-order chi connectivity index (χ0) is 19.5. The smallest absolute Gasteiger partial charge is 0.335 e. The van der Waals surface area contributed by atoms with Crippen LogP contribution in [-0.2, 0) is 5.75 Å². The molecule has 0 spiro atoms. The summed E-state index contributed by atoms with van der Waals surface area (Å²) in [6.07, 6.45) is 1.59. The summed E-state index contributed by atoms with van der Waals surface area (Å²) in [6.45, 7) is 0. The van der Waals surface area contributed by atoms with Gasteiger partial charge in [0.1, 0.15) is 0 Å². The Bertz CT molecular complexity index is 1110. The molecule has 0 amide bonds. The van der Waals surface area contributed by atoms with Crippen molar-refractivity contribution in [2.45, 2.75) is 10.9 Å². The van der Waals surface area contributed by atoms with Gasteiger partial charge in [-0.1, -0.05) is 41.6 Å². The Morgan fingerprint density at radius 2 is 1.93 bits per heavy atom. The number of hydrogen-bond acceptors (Lipinski definition) is 5. The van der Waals surface area contributed by atoms with Crippen LogP contribution in [0.15, 0.2) is 76.5 Å². The van der Waals surface area contributed by atoms with E-state index in [4.69, 9.17) is 21.1 Å². The van der Waals surface area contributed by atoms with Crippen molar-refractivity contribution in [1.82, 2.24) is 14.8 Å². The van der Waals surface area contributed by atoms with Crippen molar-refractivity contribution >= 4 is 29.3 Å². The molecule has 1 N–H and O–H groups in total. The molecule has 2 aromatic heterocycles. The molecule has 0 aliphatic heterocycles. The molecule has 28 heavy (non-hydrogen) atoms. The number of rotatable bonds is 6. The van der Waals surface area contributed by atoms with Crippen molar-refractivity contribution in [3.63, 3.8) is 0 Å². The monoisotopic (exact) mass is 411 g/mol. The molecule has 8 heteroatoms. The van der Waals surface area contributed by atoms with E-state index in [2.05, 4.69) is 10.2 Å². The lowest BCUT2D eigenvalue weighted by molar-refractivity contribution is 0.0697. The van der Waals surface area contributed by atoms with Gasteiger partial charge in [-0.05, 0) is 48.0 Å². The number of thioether (sulfide) groups is 1. The molecular formula is C20H14ClN3O3S. The summed E-state index contributed by atoms with van der Waals surface area (Å²) in [6, 6.07) is 17.8. The first-order chi connectivity index (χ1) is 13.6. The van der Waals surface area contributed by atoms with E-state index in [1.807, 2.05) is 28.8 Å². The summed E-state index contributed by atoms with van der Waals surface area (Å²) >= 11 is 7.66. The Morgan fingerprint density at radius 1 is 1.11 bits per heavy atom. The highest BCUT2D eigenvalue weighted by atomic mass is 35.5. The zero-order valence-corrected chi connectivity index (χ0v) is 16.0. The average Bonchev–Trinajstić information content (AvgIpc) is 3.36. The first kappa shape index (κ1) is 18.3. The van der Waals surface area contributed by atoms with Crippen LogP contribution in [0, 0.1) is 0 Å². The van der Waals surface area contributed by atoms with E-state index in [0.29, 0.717) is 27.5 Å². The van der Waals surface area contributed by atoms with E-state index < -0.39 is 5.97 Å². The number of benzene rings is 2. The van der Waals surface area contributed by atoms with Crippen LogP contribution in [0.3, 0.4) is 0 Å². The Hall–Kier alpha value is -3.03. The van der Waals surface area contributed by atoms with Gasteiger partial charge in [-0.2, -0.15) is 0 Å². The second-order valence-corrected chi connectivity index (χ2v) is 7.27. The summed E-state index contributed by atoms with van der Waals surface area (Å²) in [5.41, 5.74) is 2.07. The van der Waals surface area contributed by atoms with Crippen LogP contribution in [-0.4, -0.2) is 25.8 Å². The Kier molecular flexibility index (Phi) is 5.18. The average molecular weight is 412 g/mol. The molecule has 0 radical (unpaired) electrons. The molecule has 6 nitrogen and oxygen atoms in total. The van der Waals surface area contributed by atoms with Gasteiger partial charge in [0.25, 0.3) is 0 Å². The first-order valence-corrected chi connectivity index (χ1v) is 9.68. The van der Waals surface area contributed by atoms with Crippen LogP contribution in [0.2, 0.25) is 5.02 Å². The topological polar surface area (TPSA) is 81.2 Å². The lowest BCUT2D eigenvalue weighted by atomic mass is 10.1. The van der Waals surface area contributed by atoms with Crippen molar-refractivity contribution in [3.05, 3.63) is 83.1 Å². The minimum atomic E-state index is -0.942. The Balaban J connectivity index is 1.66. The highest BCUT2D eigenvalue weighted by molar-refractivity contribution is 7.98. The fourth-order valence-electron chi connectivity index (χ4n) is 2.67. The molecule has 0 atom stereocenters. The van der Waals surface area contributed by atoms with Crippen molar-refractivity contribution in [2.75, 3.05) is 0 Å². The van der Waals surface area contributed by atoms with Gasteiger partial charge >= 0.3 is 5.97 Å². The van der Waals surface area contributed by atoms with Gasteiger partial charge in [-0.25, -0.2) is 4.79 Å². The number of carboxylic acids is 1. The van der Waals surface area contributed by atoms with Gasteiger partial charge in [-0.3, -0.25) is 4.57 Å². The van der Waals surface area contributed by atoms with Crippen molar-refractivity contribution < 1.29 is 14.3 Å². The van der Waals surface area contributed by atoms with Crippen LogP contribution in [0.4, 0.5) is 0 Å². The summed E-state index contributed by atoms with van der Waals surface area (Å²) in [7, 11) is 0. The molecule has 0 saturated heterocycles. The summed E-state index contributed by atoms with van der Waals surface area (Å²) in [5, 5.41) is 18.9. The van der Waals surface area contributed by atoms with Crippen LogP contribution >= 0.6 is 23.4 Å². The van der Waals surface area contributed by atoms with Crippen molar-refractivity contribution in [3.8, 4) is 17.3 Å². The van der Waals surface area contributed by atoms with E-state index in [9.17, 15) is 4.79 Å². The molecule has 0 saturated carbocycles. The number of nitrogens with zero attached hydrogens (tertiary/aromatic N) is 3. The largest absolute Gasteiger partial charge is 0.478 e. The maximum atomic E-state index is 11.0. The first-order valence-electron chi connectivity index (χ1n) is 8.32. The molecule has 2 aromatic carbocycles. The quantitative estimate of drug-likeness (QED) is 0.441. The molecule has 0 fully saturated rings. The van der Waals surface area contributed by atoms with Crippen LogP contribution < -0.4 is 0 Å². The highest BCUT2D eigenvalue weighted by Gasteiger charge is 2.18. The molecule has 140 valence electrons. The molecule has 4 aromatic rings.